The molecule has 0 aliphatic rings. The van der Waals surface area contributed by atoms with Crippen LogP contribution >= 0.6 is 0 Å². The highest BCUT2D eigenvalue weighted by Crippen LogP contribution is 2.25. The molecule has 1 rings (SSSR count). The summed E-state index contributed by atoms with van der Waals surface area (Å²) in [6, 6.07) is 1.75. The molecular formula is C19H28F2N4O3. The van der Waals surface area contributed by atoms with Gasteiger partial charge >= 0.3 is 6.09 Å². The van der Waals surface area contributed by atoms with Crippen LogP contribution in [0.1, 0.15) is 47.1 Å². The molecule has 1 aromatic rings. The molecule has 156 valence electrons. The number of hydrazone groups is 1. The van der Waals surface area contributed by atoms with Gasteiger partial charge in [0, 0.05) is 7.05 Å². The first-order valence-electron chi connectivity index (χ1n) is 8.67. The van der Waals surface area contributed by atoms with Gasteiger partial charge < -0.3 is 10.5 Å². The van der Waals surface area contributed by atoms with E-state index in [1.165, 1.54) is 7.05 Å². The van der Waals surface area contributed by atoms with Gasteiger partial charge in [-0.05, 0) is 44.4 Å². The standard InChI is InChI=1S/C19H28F2N4O3/c1-18(2,3)14(25(7)17(27)28-19(4,5)6)16(26)24-23-15(22)12-10-11(20)8-9-13(12)21/h8-10,14H,1-7H3,(H2,22,23)(H,24,26)/t14-/m0/s1. The minimum absolute atomic E-state index is 0.284. The van der Waals surface area contributed by atoms with E-state index in [2.05, 4.69) is 10.5 Å². The van der Waals surface area contributed by atoms with Gasteiger partial charge in [0.05, 0.1) is 5.56 Å². The van der Waals surface area contributed by atoms with Crippen molar-refractivity contribution in [3.05, 3.63) is 35.4 Å². The van der Waals surface area contributed by atoms with Gasteiger partial charge in [0.25, 0.3) is 5.91 Å². The Morgan fingerprint density at radius 1 is 1.18 bits per heavy atom. The Labute approximate surface area is 163 Å². The summed E-state index contributed by atoms with van der Waals surface area (Å²) in [6.45, 7) is 10.4. The summed E-state index contributed by atoms with van der Waals surface area (Å²) >= 11 is 0. The second kappa shape index (κ2) is 8.53. The zero-order valence-corrected chi connectivity index (χ0v) is 17.3. The van der Waals surface area contributed by atoms with Gasteiger partial charge in [-0.25, -0.2) is 19.0 Å². The number of hydrogen-bond donors (Lipinski definition) is 2. The lowest BCUT2D eigenvalue weighted by Crippen LogP contribution is -2.54. The van der Waals surface area contributed by atoms with Crippen LogP contribution in [0.4, 0.5) is 13.6 Å². The van der Waals surface area contributed by atoms with Crippen LogP contribution in [-0.2, 0) is 9.53 Å². The third-order valence-electron chi connectivity index (χ3n) is 3.63. The second-order valence-electron chi connectivity index (χ2n) is 8.46. The number of likely N-dealkylation sites (N-methyl/N-ethyl adjacent to an activating group) is 1. The largest absolute Gasteiger partial charge is 0.444 e. The molecule has 2 amide bonds. The summed E-state index contributed by atoms with van der Waals surface area (Å²) in [5.41, 5.74) is 6.19. The zero-order valence-electron chi connectivity index (χ0n) is 17.3. The lowest BCUT2D eigenvalue weighted by molar-refractivity contribution is -0.129. The second-order valence-corrected chi connectivity index (χ2v) is 8.46. The zero-order chi connectivity index (χ0) is 21.9. The number of nitrogens with one attached hydrogen (secondary N) is 1. The van der Waals surface area contributed by atoms with Crippen molar-refractivity contribution in [2.24, 2.45) is 16.3 Å². The van der Waals surface area contributed by atoms with Crippen molar-refractivity contribution in [1.29, 1.82) is 0 Å². The number of nitrogens with zero attached hydrogens (tertiary/aromatic N) is 2. The first kappa shape index (κ1) is 23.3. The van der Waals surface area contributed by atoms with Gasteiger partial charge in [-0.1, -0.05) is 20.8 Å². The molecule has 0 heterocycles. The summed E-state index contributed by atoms with van der Waals surface area (Å²) in [5, 5.41) is 3.66. The minimum Gasteiger partial charge on any atom is -0.444 e. The maximum Gasteiger partial charge on any atom is 0.410 e. The van der Waals surface area contributed by atoms with Gasteiger partial charge in [0.15, 0.2) is 5.84 Å². The summed E-state index contributed by atoms with van der Waals surface area (Å²) in [4.78, 5) is 26.2. The van der Waals surface area contributed by atoms with Crippen LogP contribution in [0.5, 0.6) is 0 Å². The molecule has 0 bridgehead atoms. The SMILES string of the molecule is CN(C(=O)OC(C)(C)C)[C@@H](C(=O)NN=C(N)c1cc(F)ccc1F)C(C)(C)C. The van der Waals surface area contributed by atoms with E-state index < -0.39 is 46.5 Å². The number of ether oxygens (including phenoxy) is 1. The molecule has 0 unspecified atom stereocenters. The lowest BCUT2D eigenvalue weighted by Gasteiger charge is -2.36. The molecule has 0 fully saturated rings. The summed E-state index contributed by atoms with van der Waals surface area (Å²) < 4.78 is 32.4. The number of hydrogen-bond acceptors (Lipinski definition) is 4. The predicted octanol–water partition coefficient (Wildman–Crippen LogP) is 2.98. The quantitative estimate of drug-likeness (QED) is 0.463. The number of halogens is 2. The van der Waals surface area contributed by atoms with Crippen LogP contribution in [-0.4, -0.2) is 41.4 Å². The molecule has 7 nitrogen and oxygen atoms in total. The fourth-order valence-corrected chi connectivity index (χ4v) is 2.52. The minimum atomic E-state index is -0.962. The Hall–Kier alpha value is -2.71. The summed E-state index contributed by atoms with van der Waals surface area (Å²) in [5.74, 6) is -2.54. The van der Waals surface area contributed by atoms with E-state index in [9.17, 15) is 18.4 Å². The third-order valence-corrected chi connectivity index (χ3v) is 3.63. The van der Waals surface area contributed by atoms with Crippen molar-refractivity contribution in [3.63, 3.8) is 0 Å². The average molecular weight is 398 g/mol. The molecule has 0 aliphatic carbocycles. The van der Waals surface area contributed by atoms with E-state index in [-0.39, 0.29) is 5.56 Å². The molecule has 0 spiro atoms. The van der Waals surface area contributed by atoms with E-state index in [4.69, 9.17) is 10.5 Å². The van der Waals surface area contributed by atoms with Crippen LogP contribution in [0, 0.1) is 17.0 Å². The van der Waals surface area contributed by atoms with Crippen LogP contribution in [0.15, 0.2) is 23.3 Å². The number of amides is 2. The normalized spacial score (nSPS) is 13.7. The highest BCUT2D eigenvalue weighted by molar-refractivity contribution is 5.98. The maximum atomic E-state index is 13.8. The van der Waals surface area contributed by atoms with Crippen molar-refractivity contribution in [2.75, 3.05) is 7.05 Å². The lowest BCUT2D eigenvalue weighted by atomic mass is 9.85. The number of amidine groups is 1. The number of carbonyl (C=O) groups excluding carboxylic acids is 2. The Balaban J connectivity index is 3.06. The van der Waals surface area contributed by atoms with Gasteiger partial charge in [0.1, 0.15) is 23.3 Å². The Bertz CT molecular complexity index is 767. The molecule has 1 aromatic carbocycles. The fourth-order valence-electron chi connectivity index (χ4n) is 2.52. The first-order chi connectivity index (χ1) is 12.6. The van der Waals surface area contributed by atoms with Crippen molar-refractivity contribution < 1.29 is 23.1 Å². The van der Waals surface area contributed by atoms with Crippen molar-refractivity contribution in [3.8, 4) is 0 Å². The Morgan fingerprint density at radius 2 is 1.75 bits per heavy atom. The van der Waals surface area contributed by atoms with E-state index in [1.54, 1.807) is 41.5 Å². The monoisotopic (exact) mass is 398 g/mol. The number of benzene rings is 1. The van der Waals surface area contributed by atoms with E-state index in [0.717, 1.165) is 23.1 Å². The molecular weight excluding hydrogens is 370 g/mol. The molecule has 0 aliphatic heterocycles. The molecule has 0 aromatic heterocycles. The van der Waals surface area contributed by atoms with E-state index in [1.807, 2.05) is 0 Å². The summed E-state index contributed by atoms with van der Waals surface area (Å²) in [6.07, 6.45) is -0.685. The molecule has 0 radical (unpaired) electrons. The third kappa shape index (κ3) is 6.47. The Kier molecular flexibility index (Phi) is 7.11. The molecule has 0 saturated heterocycles. The molecule has 3 N–H and O–H groups in total. The Morgan fingerprint density at radius 3 is 2.25 bits per heavy atom. The molecule has 0 saturated carbocycles. The maximum absolute atomic E-state index is 13.8. The van der Waals surface area contributed by atoms with Crippen LogP contribution in [0.2, 0.25) is 0 Å². The van der Waals surface area contributed by atoms with E-state index in [0.29, 0.717) is 0 Å². The van der Waals surface area contributed by atoms with Crippen molar-refractivity contribution >= 4 is 17.8 Å². The van der Waals surface area contributed by atoms with Gasteiger partial charge in [-0.2, -0.15) is 5.10 Å². The highest BCUT2D eigenvalue weighted by Gasteiger charge is 2.38. The highest BCUT2D eigenvalue weighted by atomic mass is 19.1. The van der Waals surface area contributed by atoms with Crippen LogP contribution < -0.4 is 11.2 Å². The number of carbonyl (C=O) groups is 2. The molecule has 9 heteroatoms. The van der Waals surface area contributed by atoms with Gasteiger partial charge in [0.2, 0.25) is 0 Å². The van der Waals surface area contributed by atoms with Crippen molar-refractivity contribution in [1.82, 2.24) is 10.3 Å². The summed E-state index contributed by atoms with van der Waals surface area (Å²) in [7, 11) is 1.43. The van der Waals surface area contributed by atoms with Crippen molar-refractivity contribution in [2.45, 2.75) is 53.2 Å². The average Bonchev–Trinajstić information content (AvgIpc) is 2.52. The fraction of sp³-hybridized carbons (Fsp3) is 0.526. The van der Waals surface area contributed by atoms with Gasteiger partial charge in [-0.3, -0.25) is 9.69 Å². The smallest absolute Gasteiger partial charge is 0.410 e. The predicted molar refractivity (Wildman–Crippen MR) is 102 cm³/mol. The first-order valence-corrected chi connectivity index (χ1v) is 8.67. The molecule has 1 atom stereocenters. The molecule has 28 heavy (non-hydrogen) atoms. The van der Waals surface area contributed by atoms with Gasteiger partial charge in [-0.15, -0.1) is 0 Å². The van der Waals surface area contributed by atoms with Crippen LogP contribution in [0.3, 0.4) is 0 Å². The van der Waals surface area contributed by atoms with E-state index >= 15 is 0 Å². The van der Waals surface area contributed by atoms with Crippen LogP contribution in [0.25, 0.3) is 0 Å². The topological polar surface area (TPSA) is 97.0 Å². The number of nitrogens with two attached hydrogens (primary N) is 1. The number of rotatable bonds is 4.